The second-order valence-electron chi connectivity index (χ2n) is 9.69. The lowest BCUT2D eigenvalue weighted by Gasteiger charge is -2.47. The van der Waals surface area contributed by atoms with E-state index < -0.39 is 0 Å². The second kappa shape index (κ2) is 9.60. The van der Waals surface area contributed by atoms with Crippen molar-refractivity contribution in [3.63, 3.8) is 0 Å². The van der Waals surface area contributed by atoms with Crippen LogP contribution in [0.2, 0.25) is 0 Å². The summed E-state index contributed by atoms with van der Waals surface area (Å²) < 4.78 is 4.84. The van der Waals surface area contributed by atoms with Gasteiger partial charge in [-0.2, -0.15) is 0 Å². The van der Waals surface area contributed by atoms with Crippen LogP contribution < -0.4 is 5.32 Å². The standard InChI is InChI=1S/C25H37N3O3/c1-19(29)26-23-7-11-25(22-6-4-3-5-21(22)23)12-17-27(18-13-25)14-8-20-9-15-28(16-10-20)24(30)31-2/h3-6,20,23H,7-18H2,1-2H3,(H,26,29)/t23-/m0/s1. The van der Waals surface area contributed by atoms with Gasteiger partial charge in [0.25, 0.3) is 0 Å². The average Bonchev–Trinajstić information content (AvgIpc) is 2.80. The molecular weight excluding hydrogens is 390 g/mol. The normalized spacial score (nSPS) is 23.9. The van der Waals surface area contributed by atoms with E-state index in [2.05, 4.69) is 34.5 Å². The summed E-state index contributed by atoms with van der Waals surface area (Å²) in [4.78, 5) is 27.8. The van der Waals surface area contributed by atoms with Crippen LogP contribution in [0.5, 0.6) is 0 Å². The molecule has 0 unspecified atom stereocenters. The van der Waals surface area contributed by atoms with Gasteiger partial charge in [-0.1, -0.05) is 24.3 Å². The lowest BCUT2D eigenvalue weighted by atomic mass is 9.63. The first-order chi connectivity index (χ1) is 15.0. The van der Waals surface area contributed by atoms with Crippen LogP contribution in [-0.2, 0) is 14.9 Å². The van der Waals surface area contributed by atoms with E-state index in [0.29, 0.717) is 5.92 Å². The number of hydrogen-bond acceptors (Lipinski definition) is 4. The number of hydrogen-bond donors (Lipinski definition) is 1. The lowest BCUT2D eigenvalue weighted by molar-refractivity contribution is -0.119. The Hall–Kier alpha value is -2.08. The van der Waals surface area contributed by atoms with E-state index in [-0.39, 0.29) is 23.5 Å². The number of carbonyl (C=O) groups is 2. The molecule has 0 saturated carbocycles. The molecule has 170 valence electrons. The van der Waals surface area contributed by atoms with E-state index >= 15 is 0 Å². The van der Waals surface area contributed by atoms with E-state index in [1.165, 1.54) is 37.5 Å². The number of nitrogens with zero attached hydrogens (tertiary/aromatic N) is 2. The van der Waals surface area contributed by atoms with Gasteiger partial charge in [0, 0.05) is 20.0 Å². The zero-order valence-electron chi connectivity index (χ0n) is 19.1. The fourth-order valence-corrected chi connectivity index (χ4v) is 6.01. The van der Waals surface area contributed by atoms with Gasteiger partial charge in [-0.25, -0.2) is 4.79 Å². The molecule has 2 amide bonds. The van der Waals surface area contributed by atoms with Gasteiger partial charge in [0.15, 0.2) is 0 Å². The molecule has 2 fully saturated rings. The lowest BCUT2D eigenvalue weighted by Crippen LogP contribution is -2.46. The van der Waals surface area contributed by atoms with E-state index in [9.17, 15) is 9.59 Å². The molecule has 1 N–H and O–H groups in total. The number of methoxy groups -OCH3 is 1. The van der Waals surface area contributed by atoms with Crippen molar-refractivity contribution in [3.05, 3.63) is 35.4 Å². The Morgan fingerprint density at radius 2 is 1.77 bits per heavy atom. The highest BCUT2D eigenvalue weighted by atomic mass is 16.5. The Morgan fingerprint density at radius 1 is 1.06 bits per heavy atom. The fourth-order valence-electron chi connectivity index (χ4n) is 6.01. The number of carbonyl (C=O) groups excluding carboxylic acids is 2. The van der Waals surface area contributed by atoms with Gasteiger partial charge in [-0.05, 0) is 87.0 Å². The summed E-state index contributed by atoms with van der Waals surface area (Å²) in [6.07, 6.45) is 7.83. The molecule has 1 atom stereocenters. The minimum absolute atomic E-state index is 0.0583. The van der Waals surface area contributed by atoms with Gasteiger partial charge in [0.1, 0.15) is 0 Å². The van der Waals surface area contributed by atoms with Gasteiger partial charge in [0.05, 0.1) is 13.2 Å². The molecule has 31 heavy (non-hydrogen) atoms. The monoisotopic (exact) mass is 427 g/mol. The third-order valence-electron chi connectivity index (χ3n) is 7.91. The minimum atomic E-state index is -0.187. The topological polar surface area (TPSA) is 61.9 Å². The van der Waals surface area contributed by atoms with E-state index in [1.54, 1.807) is 6.92 Å². The van der Waals surface area contributed by atoms with Crippen LogP contribution in [0.25, 0.3) is 0 Å². The molecule has 6 heteroatoms. The number of amides is 2. The highest BCUT2D eigenvalue weighted by Crippen LogP contribution is 2.47. The molecule has 1 aromatic rings. The molecule has 6 nitrogen and oxygen atoms in total. The molecule has 0 bridgehead atoms. The smallest absolute Gasteiger partial charge is 0.409 e. The number of ether oxygens (including phenoxy) is 1. The van der Waals surface area contributed by atoms with Crippen LogP contribution in [-0.4, -0.2) is 61.6 Å². The number of fused-ring (bicyclic) bond motifs is 2. The third-order valence-corrected chi connectivity index (χ3v) is 7.91. The molecule has 3 aliphatic rings. The summed E-state index contributed by atoms with van der Waals surface area (Å²) >= 11 is 0. The second-order valence-corrected chi connectivity index (χ2v) is 9.69. The van der Waals surface area contributed by atoms with Crippen molar-refractivity contribution < 1.29 is 14.3 Å². The molecule has 1 aliphatic carbocycles. The Kier molecular flexibility index (Phi) is 6.85. The maximum atomic E-state index is 11.7. The van der Waals surface area contributed by atoms with Gasteiger partial charge >= 0.3 is 6.09 Å². The van der Waals surface area contributed by atoms with Crippen LogP contribution in [0.4, 0.5) is 4.79 Å². The molecule has 4 rings (SSSR count). The molecule has 0 radical (unpaired) electrons. The first kappa shape index (κ1) is 22.1. The number of nitrogens with one attached hydrogen (secondary N) is 1. The van der Waals surface area contributed by atoms with Crippen LogP contribution in [0.15, 0.2) is 24.3 Å². The maximum absolute atomic E-state index is 11.7. The maximum Gasteiger partial charge on any atom is 0.409 e. The summed E-state index contributed by atoms with van der Waals surface area (Å²) in [5, 5.41) is 3.16. The third kappa shape index (κ3) is 4.89. The average molecular weight is 428 g/mol. The molecule has 1 spiro atoms. The van der Waals surface area contributed by atoms with Gasteiger partial charge in [0.2, 0.25) is 5.91 Å². The minimum Gasteiger partial charge on any atom is -0.453 e. The summed E-state index contributed by atoms with van der Waals surface area (Å²) in [6.45, 7) is 6.74. The first-order valence-electron chi connectivity index (χ1n) is 11.9. The molecule has 2 saturated heterocycles. The van der Waals surface area contributed by atoms with Crippen molar-refractivity contribution in [2.45, 2.75) is 63.3 Å². The van der Waals surface area contributed by atoms with Gasteiger partial charge in [-0.15, -0.1) is 0 Å². The van der Waals surface area contributed by atoms with Crippen LogP contribution in [0.1, 0.15) is 69.0 Å². The van der Waals surface area contributed by atoms with Crippen molar-refractivity contribution in [2.24, 2.45) is 5.92 Å². The molecule has 2 aliphatic heterocycles. The summed E-state index contributed by atoms with van der Waals surface area (Å²) in [7, 11) is 1.46. The van der Waals surface area contributed by atoms with Crippen LogP contribution in [0.3, 0.4) is 0 Å². The molecular formula is C25H37N3O3. The Labute approximate surface area is 186 Å². The Morgan fingerprint density at radius 3 is 2.45 bits per heavy atom. The van der Waals surface area contributed by atoms with Crippen LogP contribution in [0, 0.1) is 5.92 Å². The highest BCUT2D eigenvalue weighted by Gasteiger charge is 2.42. The summed E-state index contributed by atoms with van der Waals surface area (Å²) in [6, 6.07) is 8.93. The Balaban J connectivity index is 1.29. The zero-order valence-corrected chi connectivity index (χ0v) is 19.1. The predicted octanol–water partition coefficient (Wildman–Crippen LogP) is 3.86. The van der Waals surface area contributed by atoms with E-state index in [1.807, 2.05) is 4.90 Å². The number of likely N-dealkylation sites (tertiary alicyclic amines) is 2. The quantitative estimate of drug-likeness (QED) is 0.793. The van der Waals surface area contributed by atoms with E-state index in [4.69, 9.17) is 4.74 Å². The summed E-state index contributed by atoms with van der Waals surface area (Å²) in [5.74, 6) is 0.772. The Bertz CT molecular complexity index is 780. The number of benzene rings is 1. The summed E-state index contributed by atoms with van der Waals surface area (Å²) in [5.41, 5.74) is 3.07. The van der Waals surface area contributed by atoms with Crippen molar-refractivity contribution in [2.75, 3.05) is 39.8 Å². The van der Waals surface area contributed by atoms with Crippen molar-refractivity contribution in [1.29, 1.82) is 0 Å². The van der Waals surface area contributed by atoms with Crippen LogP contribution >= 0.6 is 0 Å². The number of piperidine rings is 2. The molecule has 0 aromatic heterocycles. The SMILES string of the molecule is COC(=O)N1CCC(CCN2CCC3(CC[C@H](NC(C)=O)c4ccccc43)CC2)CC1. The zero-order chi connectivity index (χ0) is 21.8. The molecule has 2 heterocycles. The van der Waals surface area contributed by atoms with Crippen molar-refractivity contribution in [3.8, 4) is 0 Å². The van der Waals surface area contributed by atoms with Gasteiger partial charge in [-0.3, -0.25) is 4.79 Å². The predicted molar refractivity (Wildman–Crippen MR) is 121 cm³/mol. The highest BCUT2D eigenvalue weighted by molar-refractivity contribution is 5.73. The molecule has 1 aromatic carbocycles. The largest absolute Gasteiger partial charge is 0.453 e. The van der Waals surface area contributed by atoms with Crippen molar-refractivity contribution in [1.82, 2.24) is 15.1 Å². The number of rotatable bonds is 4. The van der Waals surface area contributed by atoms with E-state index in [0.717, 1.165) is 58.4 Å². The van der Waals surface area contributed by atoms with Gasteiger partial charge < -0.3 is 19.9 Å². The fraction of sp³-hybridized carbons (Fsp3) is 0.680. The van der Waals surface area contributed by atoms with Crippen molar-refractivity contribution >= 4 is 12.0 Å². The first-order valence-corrected chi connectivity index (χ1v) is 11.9.